The molecule has 0 atom stereocenters. The van der Waals surface area contributed by atoms with Gasteiger partial charge >= 0.3 is 0 Å². The summed E-state index contributed by atoms with van der Waals surface area (Å²) in [7, 11) is 3.57. The first kappa shape index (κ1) is 13.0. The highest BCUT2D eigenvalue weighted by atomic mass is 16.5. The Morgan fingerprint density at radius 3 is 2.78 bits per heavy atom. The van der Waals surface area contributed by atoms with E-state index in [1.807, 2.05) is 0 Å². The second-order valence-electron chi connectivity index (χ2n) is 4.43. The lowest BCUT2D eigenvalue weighted by atomic mass is 10.3. The molecule has 7 nitrogen and oxygen atoms in total. The molecule has 100 valence electrons. The fourth-order valence-corrected chi connectivity index (χ4v) is 1.83. The summed E-state index contributed by atoms with van der Waals surface area (Å²) in [6.07, 6.45) is 0.134. The Hall–Kier alpha value is -1.47. The summed E-state index contributed by atoms with van der Waals surface area (Å²) in [6, 6.07) is 0. The number of piperazine rings is 1. The number of Topliss-reactive ketones (excluding diaryl/α,β-unsaturated/α-hetero) is 1. The molecule has 0 bridgehead atoms. The minimum atomic E-state index is -0.0638. The predicted octanol–water partition coefficient (Wildman–Crippen LogP) is -0.421. The molecule has 0 unspecified atom stereocenters. The third kappa shape index (κ3) is 3.27. The maximum Gasteiger partial charge on any atom is 0.266 e. The summed E-state index contributed by atoms with van der Waals surface area (Å²) in [5.41, 5.74) is 0. The van der Waals surface area contributed by atoms with E-state index in [2.05, 4.69) is 27.0 Å². The Kier molecular flexibility index (Phi) is 4.27. The lowest BCUT2D eigenvalue weighted by molar-refractivity contribution is -0.122. The van der Waals surface area contributed by atoms with Gasteiger partial charge in [0, 0.05) is 33.3 Å². The number of ketones is 1. The zero-order valence-corrected chi connectivity index (χ0v) is 10.8. The maximum atomic E-state index is 11.4. The van der Waals surface area contributed by atoms with Crippen LogP contribution < -0.4 is 4.90 Å². The highest BCUT2D eigenvalue weighted by molar-refractivity contribution is 5.81. The van der Waals surface area contributed by atoms with Crippen molar-refractivity contribution in [2.45, 2.75) is 6.42 Å². The van der Waals surface area contributed by atoms with Crippen molar-refractivity contribution in [3.05, 3.63) is 5.89 Å². The molecular weight excluding hydrogens is 236 g/mol. The van der Waals surface area contributed by atoms with Crippen LogP contribution in [0.25, 0.3) is 0 Å². The van der Waals surface area contributed by atoms with Crippen LogP contribution in [0.4, 0.5) is 5.95 Å². The van der Waals surface area contributed by atoms with E-state index in [0.29, 0.717) is 11.8 Å². The summed E-state index contributed by atoms with van der Waals surface area (Å²) >= 11 is 0. The summed E-state index contributed by atoms with van der Waals surface area (Å²) in [5.74, 6) is 0.861. The van der Waals surface area contributed by atoms with Gasteiger partial charge in [0.2, 0.25) is 5.89 Å². The van der Waals surface area contributed by atoms with E-state index in [4.69, 9.17) is 9.26 Å². The maximum absolute atomic E-state index is 11.4. The molecule has 0 aromatic carbocycles. The van der Waals surface area contributed by atoms with Crippen LogP contribution in [0.1, 0.15) is 5.89 Å². The van der Waals surface area contributed by atoms with Gasteiger partial charge in [0.25, 0.3) is 5.95 Å². The number of aromatic nitrogens is 2. The van der Waals surface area contributed by atoms with Crippen LogP contribution in [-0.2, 0) is 16.0 Å². The number of nitrogens with zero attached hydrogens (tertiary/aromatic N) is 4. The molecule has 0 radical (unpaired) electrons. The van der Waals surface area contributed by atoms with Gasteiger partial charge in [-0.2, -0.15) is 4.98 Å². The molecule has 1 aromatic rings. The fourth-order valence-electron chi connectivity index (χ4n) is 1.83. The monoisotopic (exact) mass is 254 g/mol. The van der Waals surface area contributed by atoms with Crippen molar-refractivity contribution in [2.24, 2.45) is 0 Å². The molecule has 1 aliphatic rings. The molecule has 2 rings (SSSR count). The zero-order valence-electron chi connectivity index (χ0n) is 10.8. The van der Waals surface area contributed by atoms with Crippen molar-refractivity contribution >= 4 is 11.7 Å². The summed E-state index contributed by atoms with van der Waals surface area (Å²) in [5, 5.41) is 3.91. The molecule has 1 fully saturated rings. The number of carbonyl (C=O) groups excluding carboxylic acids is 1. The van der Waals surface area contributed by atoms with Crippen molar-refractivity contribution < 1.29 is 14.1 Å². The molecule has 7 heteroatoms. The van der Waals surface area contributed by atoms with Crippen molar-refractivity contribution in [3.63, 3.8) is 0 Å². The fraction of sp³-hybridized carbons (Fsp3) is 0.727. The van der Waals surface area contributed by atoms with Gasteiger partial charge in [-0.3, -0.25) is 4.79 Å². The molecule has 0 aliphatic carbocycles. The Labute approximate surface area is 106 Å². The number of likely N-dealkylation sites (N-methyl/N-ethyl adjacent to an activating group) is 1. The number of methoxy groups -OCH3 is 1. The minimum Gasteiger partial charge on any atom is -0.377 e. The van der Waals surface area contributed by atoms with E-state index in [-0.39, 0.29) is 18.8 Å². The molecule has 18 heavy (non-hydrogen) atoms. The zero-order chi connectivity index (χ0) is 13.0. The summed E-state index contributed by atoms with van der Waals surface area (Å²) in [4.78, 5) is 19.9. The first-order valence-electron chi connectivity index (χ1n) is 5.95. The number of carbonyl (C=O) groups is 1. The van der Waals surface area contributed by atoms with Crippen molar-refractivity contribution in [1.82, 2.24) is 15.0 Å². The van der Waals surface area contributed by atoms with Crippen molar-refractivity contribution in [3.8, 4) is 0 Å². The van der Waals surface area contributed by atoms with Gasteiger partial charge in [-0.25, -0.2) is 0 Å². The third-order valence-electron chi connectivity index (χ3n) is 2.90. The van der Waals surface area contributed by atoms with Crippen LogP contribution in [-0.4, -0.2) is 67.8 Å². The minimum absolute atomic E-state index is 0.0638. The lowest BCUT2D eigenvalue weighted by Gasteiger charge is -2.31. The van der Waals surface area contributed by atoms with E-state index < -0.39 is 0 Å². The second kappa shape index (κ2) is 5.92. The Bertz CT molecular complexity index is 399. The van der Waals surface area contributed by atoms with Gasteiger partial charge in [-0.1, -0.05) is 0 Å². The summed E-state index contributed by atoms with van der Waals surface area (Å²) < 4.78 is 9.82. The van der Waals surface area contributed by atoms with Crippen molar-refractivity contribution in [1.29, 1.82) is 0 Å². The highest BCUT2D eigenvalue weighted by Gasteiger charge is 2.19. The van der Waals surface area contributed by atoms with Gasteiger partial charge in [0.15, 0.2) is 5.78 Å². The van der Waals surface area contributed by atoms with Crippen LogP contribution in [0.15, 0.2) is 4.52 Å². The third-order valence-corrected chi connectivity index (χ3v) is 2.90. The molecule has 1 saturated heterocycles. The molecule has 0 saturated carbocycles. The van der Waals surface area contributed by atoms with E-state index in [1.165, 1.54) is 7.11 Å². The standard InChI is InChI=1S/C11H18N4O3/c1-14-3-5-15(6-4-14)11-12-10(18-13-11)7-9(16)8-17-2/h3-8H2,1-2H3. The number of ether oxygens (including phenoxy) is 1. The molecular formula is C11H18N4O3. The van der Waals surface area contributed by atoms with E-state index >= 15 is 0 Å². The SMILES string of the molecule is COCC(=O)Cc1nc(N2CCN(C)CC2)no1. The van der Waals surface area contributed by atoms with Crippen LogP contribution in [0.3, 0.4) is 0 Å². The Morgan fingerprint density at radius 1 is 1.39 bits per heavy atom. The van der Waals surface area contributed by atoms with Gasteiger partial charge in [0.05, 0.1) is 6.42 Å². The van der Waals surface area contributed by atoms with Gasteiger partial charge < -0.3 is 19.1 Å². The topological polar surface area (TPSA) is 71.7 Å². The van der Waals surface area contributed by atoms with Crippen LogP contribution in [0.2, 0.25) is 0 Å². The van der Waals surface area contributed by atoms with Gasteiger partial charge in [0.1, 0.15) is 6.61 Å². The first-order chi connectivity index (χ1) is 8.69. The highest BCUT2D eigenvalue weighted by Crippen LogP contribution is 2.12. The number of hydrogen-bond donors (Lipinski definition) is 0. The predicted molar refractivity (Wildman–Crippen MR) is 64.6 cm³/mol. The molecule has 1 aliphatic heterocycles. The average Bonchev–Trinajstić information content (AvgIpc) is 2.78. The van der Waals surface area contributed by atoms with Crippen LogP contribution >= 0.6 is 0 Å². The van der Waals surface area contributed by atoms with E-state index in [1.54, 1.807) is 0 Å². The van der Waals surface area contributed by atoms with E-state index in [0.717, 1.165) is 26.2 Å². The molecule has 2 heterocycles. The lowest BCUT2D eigenvalue weighted by Crippen LogP contribution is -2.44. The molecule has 1 aromatic heterocycles. The van der Waals surface area contributed by atoms with Gasteiger partial charge in [-0.05, 0) is 12.2 Å². The Balaban J connectivity index is 1.91. The molecule has 0 spiro atoms. The molecule has 0 amide bonds. The second-order valence-corrected chi connectivity index (χ2v) is 4.43. The molecule has 0 N–H and O–H groups in total. The van der Waals surface area contributed by atoms with Crippen LogP contribution in [0.5, 0.6) is 0 Å². The number of hydrogen-bond acceptors (Lipinski definition) is 7. The van der Waals surface area contributed by atoms with Crippen LogP contribution in [0, 0.1) is 0 Å². The average molecular weight is 254 g/mol. The van der Waals surface area contributed by atoms with Gasteiger partial charge in [-0.15, -0.1) is 0 Å². The smallest absolute Gasteiger partial charge is 0.266 e. The Morgan fingerprint density at radius 2 is 2.11 bits per heavy atom. The quantitative estimate of drug-likeness (QED) is 0.706. The summed E-state index contributed by atoms with van der Waals surface area (Å²) in [6.45, 7) is 3.79. The largest absolute Gasteiger partial charge is 0.377 e. The number of anilines is 1. The normalized spacial score (nSPS) is 17.1. The first-order valence-corrected chi connectivity index (χ1v) is 5.95. The van der Waals surface area contributed by atoms with Crippen molar-refractivity contribution in [2.75, 3.05) is 51.8 Å². The van der Waals surface area contributed by atoms with E-state index in [9.17, 15) is 4.79 Å². The number of rotatable bonds is 5.